The molecule has 19 heavy (non-hydrogen) atoms. The van der Waals surface area contributed by atoms with Gasteiger partial charge in [0.2, 0.25) is 0 Å². The van der Waals surface area contributed by atoms with Crippen LogP contribution < -0.4 is 10.6 Å². The highest BCUT2D eigenvalue weighted by Gasteiger charge is 2.40. The zero-order valence-corrected chi connectivity index (χ0v) is 11.4. The molecule has 1 heterocycles. The summed E-state index contributed by atoms with van der Waals surface area (Å²) < 4.78 is 10.1. The lowest BCUT2D eigenvalue weighted by Gasteiger charge is -2.33. The van der Waals surface area contributed by atoms with E-state index in [0.29, 0.717) is 32.7 Å². The van der Waals surface area contributed by atoms with E-state index >= 15 is 0 Å². The van der Waals surface area contributed by atoms with Crippen LogP contribution >= 0.6 is 0 Å². The predicted molar refractivity (Wildman–Crippen MR) is 68.0 cm³/mol. The highest BCUT2D eigenvalue weighted by molar-refractivity contribution is 5.78. The van der Waals surface area contributed by atoms with Gasteiger partial charge in [-0.1, -0.05) is 0 Å². The molecule has 0 aromatic heterocycles. The summed E-state index contributed by atoms with van der Waals surface area (Å²) in [4.78, 5) is 23.0. The summed E-state index contributed by atoms with van der Waals surface area (Å²) >= 11 is 0. The number of methoxy groups -OCH3 is 1. The van der Waals surface area contributed by atoms with Crippen LogP contribution in [0.3, 0.4) is 0 Å². The van der Waals surface area contributed by atoms with Crippen molar-refractivity contribution in [3.63, 3.8) is 0 Å². The molecule has 0 saturated carbocycles. The van der Waals surface area contributed by atoms with Crippen LogP contribution in [0.1, 0.15) is 19.8 Å². The molecule has 110 valence electrons. The first kappa shape index (κ1) is 15.7. The maximum absolute atomic E-state index is 11.6. The fourth-order valence-corrected chi connectivity index (χ4v) is 2.04. The first-order valence-corrected chi connectivity index (χ1v) is 6.34. The Bertz CT molecular complexity index is 315. The average molecular weight is 274 g/mol. The van der Waals surface area contributed by atoms with E-state index in [1.54, 1.807) is 7.11 Å². The van der Waals surface area contributed by atoms with Crippen molar-refractivity contribution in [3.8, 4) is 0 Å². The quantitative estimate of drug-likeness (QED) is 0.643. The maximum Gasteiger partial charge on any atom is 0.315 e. The van der Waals surface area contributed by atoms with Crippen LogP contribution in [0, 0.1) is 5.41 Å². The second kappa shape index (κ2) is 7.30. The van der Waals surface area contributed by atoms with E-state index in [-0.39, 0.29) is 18.6 Å². The van der Waals surface area contributed by atoms with Gasteiger partial charge in [-0.05, 0) is 19.8 Å². The van der Waals surface area contributed by atoms with Crippen molar-refractivity contribution in [2.75, 3.05) is 33.5 Å². The van der Waals surface area contributed by atoms with Gasteiger partial charge in [-0.3, -0.25) is 4.79 Å². The highest BCUT2D eigenvalue weighted by atomic mass is 16.5. The molecule has 0 spiro atoms. The molecule has 0 radical (unpaired) electrons. The zero-order valence-electron chi connectivity index (χ0n) is 11.4. The number of ether oxygens (including phenoxy) is 2. The number of rotatable bonds is 6. The Morgan fingerprint density at radius 2 is 2.05 bits per heavy atom. The van der Waals surface area contributed by atoms with Crippen LogP contribution in [0.5, 0.6) is 0 Å². The Morgan fingerprint density at radius 1 is 1.42 bits per heavy atom. The molecule has 0 aromatic carbocycles. The van der Waals surface area contributed by atoms with Gasteiger partial charge in [0.05, 0.1) is 18.1 Å². The van der Waals surface area contributed by atoms with E-state index < -0.39 is 11.4 Å². The summed E-state index contributed by atoms with van der Waals surface area (Å²) in [5.41, 5.74) is -0.917. The minimum absolute atomic E-state index is 0.108. The number of amides is 2. The molecule has 1 rings (SSSR count). The topological polar surface area (TPSA) is 96.9 Å². The van der Waals surface area contributed by atoms with Crippen molar-refractivity contribution < 1.29 is 24.2 Å². The average Bonchev–Trinajstić information content (AvgIpc) is 2.37. The Balaban J connectivity index is 2.44. The molecule has 1 aliphatic heterocycles. The molecule has 0 aliphatic carbocycles. The number of carboxylic acids is 1. The van der Waals surface area contributed by atoms with Crippen molar-refractivity contribution in [2.24, 2.45) is 5.41 Å². The van der Waals surface area contributed by atoms with Gasteiger partial charge in [-0.25, -0.2) is 4.79 Å². The van der Waals surface area contributed by atoms with Crippen molar-refractivity contribution >= 4 is 12.0 Å². The third-order valence-electron chi connectivity index (χ3n) is 3.29. The molecule has 0 bridgehead atoms. The van der Waals surface area contributed by atoms with Gasteiger partial charge in [-0.2, -0.15) is 0 Å². The van der Waals surface area contributed by atoms with E-state index in [9.17, 15) is 14.7 Å². The minimum atomic E-state index is -0.917. The first-order chi connectivity index (χ1) is 9.00. The summed E-state index contributed by atoms with van der Waals surface area (Å²) in [7, 11) is 1.55. The van der Waals surface area contributed by atoms with Gasteiger partial charge in [0, 0.05) is 26.9 Å². The van der Waals surface area contributed by atoms with Crippen LogP contribution in [0.15, 0.2) is 0 Å². The fourth-order valence-electron chi connectivity index (χ4n) is 2.04. The molecule has 3 N–H and O–H groups in total. The number of hydrogen-bond acceptors (Lipinski definition) is 4. The molecule has 1 saturated heterocycles. The summed E-state index contributed by atoms with van der Waals surface area (Å²) in [6, 6.07) is -0.503. The van der Waals surface area contributed by atoms with Crippen molar-refractivity contribution in [2.45, 2.75) is 25.8 Å². The lowest BCUT2D eigenvalue weighted by molar-refractivity contribution is -0.154. The molecular formula is C12H22N2O5. The number of carbonyl (C=O) groups excluding carboxylic acids is 1. The van der Waals surface area contributed by atoms with Gasteiger partial charge in [-0.15, -0.1) is 0 Å². The highest BCUT2D eigenvalue weighted by Crippen LogP contribution is 2.29. The van der Waals surface area contributed by atoms with Crippen LogP contribution in [-0.4, -0.2) is 56.6 Å². The molecule has 1 aliphatic rings. The number of hydrogen-bond donors (Lipinski definition) is 3. The van der Waals surface area contributed by atoms with Crippen LogP contribution in [0.25, 0.3) is 0 Å². The molecule has 1 unspecified atom stereocenters. The fraction of sp³-hybridized carbons (Fsp3) is 0.833. The molecular weight excluding hydrogens is 252 g/mol. The SMILES string of the molecule is COCC(C)NC(=O)NCC1(C(=O)O)CCOCC1. The van der Waals surface area contributed by atoms with E-state index in [1.807, 2.05) is 6.92 Å². The molecule has 1 atom stereocenters. The third-order valence-corrected chi connectivity index (χ3v) is 3.29. The van der Waals surface area contributed by atoms with Crippen molar-refractivity contribution in [3.05, 3.63) is 0 Å². The molecule has 7 nitrogen and oxygen atoms in total. The van der Waals surface area contributed by atoms with Crippen LogP contribution in [-0.2, 0) is 14.3 Å². The first-order valence-electron chi connectivity index (χ1n) is 6.34. The lowest BCUT2D eigenvalue weighted by Crippen LogP contribution is -2.50. The van der Waals surface area contributed by atoms with Gasteiger partial charge in [0.15, 0.2) is 0 Å². The van der Waals surface area contributed by atoms with E-state index in [1.165, 1.54) is 0 Å². The summed E-state index contributed by atoms with van der Waals surface area (Å²) in [5.74, 6) is -0.888. The predicted octanol–water partition coefficient (Wildman–Crippen LogP) is 0.202. The van der Waals surface area contributed by atoms with Gasteiger partial charge >= 0.3 is 12.0 Å². The maximum atomic E-state index is 11.6. The van der Waals surface area contributed by atoms with Crippen LogP contribution in [0.4, 0.5) is 4.79 Å². The summed E-state index contributed by atoms with van der Waals surface area (Å²) in [5, 5.41) is 14.6. The normalized spacial score (nSPS) is 19.5. The Morgan fingerprint density at radius 3 is 2.58 bits per heavy atom. The smallest absolute Gasteiger partial charge is 0.315 e. The molecule has 2 amide bonds. The zero-order chi connectivity index (χ0) is 14.3. The number of urea groups is 1. The lowest BCUT2D eigenvalue weighted by atomic mass is 9.80. The van der Waals surface area contributed by atoms with E-state index in [2.05, 4.69) is 10.6 Å². The van der Waals surface area contributed by atoms with E-state index in [0.717, 1.165) is 0 Å². The summed E-state index contributed by atoms with van der Waals surface area (Å²) in [6.45, 7) is 3.15. The standard InChI is InChI=1S/C12H22N2O5/c1-9(7-18-2)14-11(17)13-8-12(10(15)16)3-5-19-6-4-12/h9H,3-8H2,1-2H3,(H,15,16)(H2,13,14,17). The Labute approximate surface area is 112 Å². The Kier molecular flexibility index (Phi) is 6.04. The van der Waals surface area contributed by atoms with E-state index in [4.69, 9.17) is 9.47 Å². The second-order valence-electron chi connectivity index (χ2n) is 4.88. The third kappa shape index (κ3) is 4.68. The van der Waals surface area contributed by atoms with Gasteiger partial charge < -0.3 is 25.2 Å². The van der Waals surface area contributed by atoms with Gasteiger partial charge in [0.1, 0.15) is 0 Å². The Hall–Kier alpha value is -1.34. The number of carbonyl (C=O) groups is 2. The largest absolute Gasteiger partial charge is 0.481 e. The summed E-state index contributed by atoms with van der Waals surface area (Å²) in [6.07, 6.45) is 0.826. The number of carboxylic acid groups (broad SMARTS) is 1. The number of aliphatic carboxylic acids is 1. The monoisotopic (exact) mass is 274 g/mol. The molecule has 1 fully saturated rings. The minimum Gasteiger partial charge on any atom is -0.481 e. The number of nitrogens with one attached hydrogen (secondary N) is 2. The molecule has 0 aromatic rings. The van der Waals surface area contributed by atoms with Crippen molar-refractivity contribution in [1.29, 1.82) is 0 Å². The van der Waals surface area contributed by atoms with Crippen LogP contribution in [0.2, 0.25) is 0 Å². The van der Waals surface area contributed by atoms with Crippen molar-refractivity contribution in [1.82, 2.24) is 10.6 Å². The van der Waals surface area contributed by atoms with Gasteiger partial charge in [0.25, 0.3) is 0 Å². The second-order valence-corrected chi connectivity index (χ2v) is 4.88. The molecule has 7 heteroatoms.